The molecule has 100 valence electrons. The van der Waals surface area contributed by atoms with E-state index >= 15 is 0 Å². The van der Waals surface area contributed by atoms with Gasteiger partial charge in [-0.25, -0.2) is 0 Å². The number of hydrogen-bond donors (Lipinski definition) is 1. The molecule has 0 spiro atoms. The van der Waals surface area contributed by atoms with E-state index in [0.29, 0.717) is 11.3 Å². The van der Waals surface area contributed by atoms with Crippen LogP contribution in [0, 0.1) is 0 Å². The van der Waals surface area contributed by atoms with Crippen molar-refractivity contribution in [2.75, 3.05) is 30.3 Å². The van der Waals surface area contributed by atoms with Crippen LogP contribution in [0.3, 0.4) is 0 Å². The molecule has 0 aliphatic carbocycles. The van der Waals surface area contributed by atoms with E-state index in [0.717, 1.165) is 24.0 Å². The molecule has 0 aromatic heterocycles. The Morgan fingerprint density at radius 3 is 2.89 bits per heavy atom. The fourth-order valence-electron chi connectivity index (χ4n) is 2.42. The van der Waals surface area contributed by atoms with Gasteiger partial charge in [-0.3, -0.25) is 0 Å². The fraction of sp³-hybridized carbons (Fsp3) is 0.571. The summed E-state index contributed by atoms with van der Waals surface area (Å²) < 4.78 is 1.48. The Bertz CT molecular complexity index is 420. The molecular weight excluding hydrogens is 308 g/mol. The van der Waals surface area contributed by atoms with E-state index in [4.69, 9.17) is 5.73 Å². The lowest BCUT2D eigenvalue weighted by Crippen LogP contribution is -2.43. The maximum atomic E-state index is 5.72. The molecule has 1 aromatic carbocycles. The first kappa shape index (κ1) is 14.2. The van der Waals surface area contributed by atoms with Gasteiger partial charge in [0.1, 0.15) is 0 Å². The number of thioether (sulfide) groups is 1. The summed E-state index contributed by atoms with van der Waals surface area (Å²) in [4.78, 5) is 2.51. The van der Waals surface area contributed by atoms with Crippen LogP contribution in [0.4, 0.5) is 5.69 Å². The van der Waals surface area contributed by atoms with Gasteiger partial charge in [0.15, 0.2) is 0 Å². The third kappa shape index (κ3) is 3.43. The summed E-state index contributed by atoms with van der Waals surface area (Å²) in [6.07, 6.45) is 0.951. The maximum absolute atomic E-state index is 5.72. The van der Waals surface area contributed by atoms with Crippen molar-refractivity contribution in [3.05, 3.63) is 28.2 Å². The van der Waals surface area contributed by atoms with Gasteiger partial charge >= 0.3 is 0 Å². The minimum Gasteiger partial charge on any atom is -0.369 e. The Balaban J connectivity index is 2.28. The molecule has 0 radical (unpaired) electrons. The van der Waals surface area contributed by atoms with Crippen LogP contribution in [0.25, 0.3) is 0 Å². The van der Waals surface area contributed by atoms with Gasteiger partial charge < -0.3 is 10.6 Å². The molecule has 0 saturated carbocycles. The van der Waals surface area contributed by atoms with Gasteiger partial charge in [0.05, 0.1) is 0 Å². The molecule has 0 bridgehead atoms. The van der Waals surface area contributed by atoms with Crippen LogP contribution in [0.15, 0.2) is 22.7 Å². The summed E-state index contributed by atoms with van der Waals surface area (Å²) in [5.41, 5.74) is 8.43. The third-order valence-corrected chi connectivity index (χ3v) is 5.02. The normalized spacial score (nSPS) is 19.0. The predicted octanol–water partition coefficient (Wildman–Crippen LogP) is 3.28. The first-order valence-corrected chi connectivity index (χ1v) is 8.17. The Hall–Kier alpha value is -0.190. The molecule has 4 heteroatoms. The van der Waals surface area contributed by atoms with Crippen molar-refractivity contribution in [3.8, 4) is 0 Å². The Morgan fingerprint density at radius 1 is 1.44 bits per heavy atom. The van der Waals surface area contributed by atoms with E-state index < -0.39 is 0 Å². The van der Waals surface area contributed by atoms with Crippen molar-refractivity contribution >= 4 is 33.4 Å². The van der Waals surface area contributed by atoms with Crippen LogP contribution in [0.5, 0.6) is 0 Å². The summed E-state index contributed by atoms with van der Waals surface area (Å²) in [6.45, 7) is 7.59. The average molecular weight is 329 g/mol. The van der Waals surface area contributed by atoms with Gasteiger partial charge in [-0.1, -0.05) is 22.0 Å². The average Bonchev–Trinajstić information content (AvgIpc) is 2.30. The van der Waals surface area contributed by atoms with E-state index in [1.807, 2.05) is 0 Å². The number of halogens is 1. The third-order valence-electron chi connectivity index (χ3n) is 3.23. The van der Waals surface area contributed by atoms with Crippen molar-refractivity contribution in [1.29, 1.82) is 0 Å². The van der Waals surface area contributed by atoms with Crippen LogP contribution >= 0.6 is 27.7 Å². The molecule has 1 aliphatic heterocycles. The van der Waals surface area contributed by atoms with Gasteiger partial charge in [-0.15, -0.1) is 0 Å². The molecule has 0 atom stereocenters. The number of benzene rings is 1. The SMILES string of the molecule is CC1(C)CN(c2cc(Br)ccc2CCN)CCS1. The minimum absolute atomic E-state index is 0.334. The van der Waals surface area contributed by atoms with Gasteiger partial charge in [0, 0.05) is 33.7 Å². The molecule has 0 amide bonds. The van der Waals surface area contributed by atoms with Crippen LogP contribution in [-0.4, -0.2) is 30.1 Å². The minimum atomic E-state index is 0.334. The lowest BCUT2D eigenvalue weighted by molar-refractivity contribution is 0.645. The molecule has 0 unspecified atom stereocenters. The zero-order valence-corrected chi connectivity index (χ0v) is 13.5. The van der Waals surface area contributed by atoms with Crippen LogP contribution in [0.2, 0.25) is 0 Å². The van der Waals surface area contributed by atoms with E-state index in [-0.39, 0.29) is 0 Å². The highest BCUT2D eigenvalue weighted by Gasteiger charge is 2.28. The largest absolute Gasteiger partial charge is 0.369 e. The second-order valence-electron chi connectivity index (χ2n) is 5.34. The van der Waals surface area contributed by atoms with E-state index in [9.17, 15) is 0 Å². The summed E-state index contributed by atoms with van der Waals surface area (Å²) in [6, 6.07) is 6.54. The first-order valence-electron chi connectivity index (χ1n) is 6.39. The lowest BCUT2D eigenvalue weighted by Gasteiger charge is -2.39. The van der Waals surface area contributed by atoms with Crippen molar-refractivity contribution in [2.45, 2.75) is 25.0 Å². The highest BCUT2D eigenvalue weighted by atomic mass is 79.9. The molecule has 1 aliphatic rings. The van der Waals surface area contributed by atoms with Gasteiger partial charge in [-0.2, -0.15) is 11.8 Å². The van der Waals surface area contributed by atoms with E-state index in [1.165, 1.54) is 17.0 Å². The number of hydrogen-bond acceptors (Lipinski definition) is 3. The molecule has 1 heterocycles. The molecule has 18 heavy (non-hydrogen) atoms. The highest BCUT2D eigenvalue weighted by Crippen LogP contribution is 2.34. The zero-order valence-electron chi connectivity index (χ0n) is 11.1. The molecule has 1 fully saturated rings. The van der Waals surface area contributed by atoms with E-state index in [2.05, 4.69) is 64.6 Å². The quantitative estimate of drug-likeness (QED) is 0.923. The van der Waals surface area contributed by atoms with Crippen LogP contribution in [-0.2, 0) is 6.42 Å². The van der Waals surface area contributed by atoms with Crippen molar-refractivity contribution in [1.82, 2.24) is 0 Å². The smallest absolute Gasteiger partial charge is 0.0411 e. The second-order valence-corrected chi connectivity index (χ2v) is 8.06. The number of rotatable bonds is 3. The number of nitrogens with zero attached hydrogens (tertiary/aromatic N) is 1. The summed E-state index contributed by atoms with van der Waals surface area (Å²) >= 11 is 5.64. The predicted molar refractivity (Wildman–Crippen MR) is 85.7 cm³/mol. The number of nitrogens with two attached hydrogens (primary N) is 1. The van der Waals surface area contributed by atoms with Crippen molar-refractivity contribution in [3.63, 3.8) is 0 Å². The Kier molecular flexibility index (Phi) is 4.62. The molecule has 2 rings (SSSR count). The van der Waals surface area contributed by atoms with Crippen molar-refractivity contribution in [2.24, 2.45) is 5.73 Å². The lowest BCUT2D eigenvalue weighted by atomic mass is 10.1. The molecular formula is C14H21BrN2S. The Labute approximate surface area is 122 Å². The zero-order chi connectivity index (χ0) is 13.2. The standard InChI is InChI=1S/C14H21BrN2S/c1-14(2)10-17(7-8-18-14)13-9-12(15)4-3-11(13)5-6-16/h3-4,9H,5-8,10,16H2,1-2H3. The summed E-state index contributed by atoms with van der Waals surface area (Å²) in [5, 5.41) is 0. The van der Waals surface area contributed by atoms with Crippen LogP contribution in [0.1, 0.15) is 19.4 Å². The first-order chi connectivity index (χ1) is 8.52. The molecule has 2 N–H and O–H groups in total. The highest BCUT2D eigenvalue weighted by molar-refractivity contribution is 9.10. The Morgan fingerprint density at radius 2 is 2.22 bits per heavy atom. The molecule has 1 aromatic rings. The van der Waals surface area contributed by atoms with Crippen molar-refractivity contribution < 1.29 is 0 Å². The van der Waals surface area contributed by atoms with Gasteiger partial charge in [-0.05, 0) is 44.5 Å². The number of anilines is 1. The summed E-state index contributed by atoms with van der Waals surface area (Å²) in [5.74, 6) is 1.20. The fourth-order valence-corrected chi connectivity index (χ4v) is 3.88. The second kappa shape index (κ2) is 5.85. The summed E-state index contributed by atoms with van der Waals surface area (Å²) in [7, 11) is 0. The van der Waals surface area contributed by atoms with Gasteiger partial charge in [0.2, 0.25) is 0 Å². The molecule has 2 nitrogen and oxygen atoms in total. The van der Waals surface area contributed by atoms with Gasteiger partial charge in [0.25, 0.3) is 0 Å². The monoisotopic (exact) mass is 328 g/mol. The maximum Gasteiger partial charge on any atom is 0.0411 e. The van der Waals surface area contributed by atoms with E-state index in [1.54, 1.807) is 0 Å². The topological polar surface area (TPSA) is 29.3 Å². The molecule has 1 saturated heterocycles. The van der Waals surface area contributed by atoms with Crippen LogP contribution < -0.4 is 10.6 Å².